The van der Waals surface area contributed by atoms with Crippen LogP contribution >= 0.6 is 0 Å². The van der Waals surface area contributed by atoms with Gasteiger partial charge in [-0.05, 0) is 42.3 Å². The molecule has 0 atom stereocenters. The molecule has 0 unspecified atom stereocenters. The van der Waals surface area contributed by atoms with E-state index in [-0.39, 0.29) is 28.9 Å². The van der Waals surface area contributed by atoms with Crippen molar-refractivity contribution in [1.29, 1.82) is 0 Å². The number of nitrogens with zero attached hydrogens (tertiary/aromatic N) is 4. The Hall–Kier alpha value is -3.43. The Morgan fingerprint density at radius 3 is 2.59 bits per heavy atom. The van der Waals surface area contributed by atoms with Crippen molar-refractivity contribution in [2.24, 2.45) is 5.92 Å². The minimum atomic E-state index is -0.281. The lowest BCUT2D eigenvalue weighted by Gasteiger charge is -2.32. The third-order valence-corrected chi connectivity index (χ3v) is 7.23. The first-order valence-corrected chi connectivity index (χ1v) is 13.0. The number of aromatic amines is 1. The van der Waals surface area contributed by atoms with Gasteiger partial charge in [-0.3, -0.25) is 19.6 Å². The van der Waals surface area contributed by atoms with Gasteiger partial charge in [-0.2, -0.15) is 5.10 Å². The van der Waals surface area contributed by atoms with Crippen molar-refractivity contribution in [2.45, 2.75) is 33.4 Å². The van der Waals surface area contributed by atoms with E-state index in [2.05, 4.69) is 27.0 Å². The third kappa shape index (κ3) is 5.47. The second-order valence-corrected chi connectivity index (χ2v) is 10.6. The summed E-state index contributed by atoms with van der Waals surface area (Å²) in [6.45, 7) is 10.7. The molecule has 3 heterocycles. The van der Waals surface area contributed by atoms with Crippen molar-refractivity contribution in [1.82, 2.24) is 24.9 Å². The predicted octanol–water partition coefficient (Wildman–Crippen LogP) is 3.28. The maximum absolute atomic E-state index is 13.4. The lowest BCUT2D eigenvalue weighted by Crippen LogP contribution is -2.45. The number of ketones is 1. The van der Waals surface area contributed by atoms with Crippen LogP contribution in [0, 0.1) is 5.92 Å². The van der Waals surface area contributed by atoms with Gasteiger partial charge in [0.15, 0.2) is 5.78 Å². The molecule has 9 heteroatoms. The normalized spacial score (nSPS) is 16.5. The van der Waals surface area contributed by atoms with Crippen LogP contribution in [0.4, 0.5) is 0 Å². The smallest absolute Gasteiger partial charge is 0.258 e. The van der Waals surface area contributed by atoms with Gasteiger partial charge in [-0.15, -0.1) is 0 Å². The lowest BCUT2D eigenvalue weighted by molar-refractivity contribution is 0.0748. The number of benzene rings is 2. The third-order valence-electron chi connectivity index (χ3n) is 7.23. The molecule has 1 fully saturated rings. The van der Waals surface area contributed by atoms with Crippen molar-refractivity contribution < 1.29 is 19.4 Å². The minimum Gasteiger partial charge on any atom is -0.507 e. The highest BCUT2D eigenvalue weighted by atomic mass is 16.5. The average molecular weight is 506 g/mol. The van der Waals surface area contributed by atoms with Crippen molar-refractivity contribution in [2.75, 3.05) is 46.4 Å². The Labute approximate surface area is 217 Å². The van der Waals surface area contributed by atoms with Crippen LogP contribution in [-0.4, -0.2) is 88.1 Å². The number of rotatable bonds is 8. The Morgan fingerprint density at radius 2 is 1.84 bits per heavy atom. The van der Waals surface area contributed by atoms with Crippen LogP contribution in [-0.2, 0) is 13.1 Å². The van der Waals surface area contributed by atoms with Crippen LogP contribution in [0.5, 0.6) is 11.5 Å². The highest BCUT2D eigenvalue weighted by Gasteiger charge is 2.28. The first-order chi connectivity index (χ1) is 17.8. The number of Topliss-reactive ketones (excluding diaryl/α,β-unsaturated/α-hetero) is 1. The van der Waals surface area contributed by atoms with Gasteiger partial charge in [0.2, 0.25) is 0 Å². The average Bonchev–Trinajstić information content (AvgIpc) is 3.47. The van der Waals surface area contributed by atoms with E-state index in [1.165, 1.54) is 6.07 Å². The first-order valence-electron chi connectivity index (χ1n) is 13.0. The van der Waals surface area contributed by atoms with Crippen LogP contribution in [0.3, 0.4) is 0 Å². The summed E-state index contributed by atoms with van der Waals surface area (Å²) < 4.78 is 6.02. The number of aromatic nitrogens is 2. The highest BCUT2D eigenvalue weighted by Crippen LogP contribution is 2.32. The van der Waals surface area contributed by atoms with Gasteiger partial charge in [0, 0.05) is 63.7 Å². The molecule has 0 bridgehead atoms. The van der Waals surface area contributed by atoms with Gasteiger partial charge < -0.3 is 19.6 Å². The van der Waals surface area contributed by atoms with Crippen molar-refractivity contribution in [3.63, 3.8) is 0 Å². The van der Waals surface area contributed by atoms with E-state index in [0.717, 1.165) is 49.6 Å². The van der Waals surface area contributed by atoms with Crippen LogP contribution < -0.4 is 4.74 Å². The molecule has 37 heavy (non-hydrogen) atoms. The quantitative estimate of drug-likeness (QED) is 0.453. The number of phenols is 1. The Bertz CT molecular complexity index is 1310. The molecule has 5 rings (SSSR count). The van der Waals surface area contributed by atoms with E-state index >= 15 is 0 Å². The number of amides is 1. The zero-order chi connectivity index (χ0) is 26.1. The number of hydrogen-bond acceptors (Lipinski definition) is 7. The number of aromatic hydroxyl groups is 1. The molecule has 1 aromatic heterocycles. The fourth-order valence-electron chi connectivity index (χ4n) is 5.04. The van der Waals surface area contributed by atoms with Gasteiger partial charge in [0.05, 0.1) is 11.1 Å². The predicted molar refractivity (Wildman–Crippen MR) is 141 cm³/mol. The Morgan fingerprint density at radius 1 is 1.08 bits per heavy atom. The lowest BCUT2D eigenvalue weighted by atomic mass is 10.0. The molecule has 3 aromatic rings. The van der Waals surface area contributed by atoms with Crippen LogP contribution in [0.25, 0.3) is 10.9 Å². The summed E-state index contributed by atoms with van der Waals surface area (Å²) >= 11 is 0. The molecule has 0 aliphatic carbocycles. The number of phenolic OH excluding ortho intramolecular Hbond substituents is 1. The summed E-state index contributed by atoms with van der Waals surface area (Å²) in [5.41, 5.74) is 3.12. The molecule has 2 N–H and O–H groups in total. The molecular formula is C28H35N5O4. The molecular weight excluding hydrogens is 470 g/mol. The van der Waals surface area contributed by atoms with Crippen molar-refractivity contribution in [3.8, 4) is 11.5 Å². The Balaban J connectivity index is 1.25. The number of fused-ring (bicyclic) bond motifs is 2. The maximum Gasteiger partial charge on any atom is 0.258 e. The molecule has 0 spiro atoms. The van der Waals surface area contributed by atoms with Gasteiger partial charge in [-0.1, -0.05) is 19.9 Å². The highest BCUT2D eigenvalue weighted by molar-refractivity contribution is 6.09. The molecule has 2 aliphatic heterocycles. The van der Waals surface area contributed by atoms with E-state index in [9.17, 15) is 14.7 Å². The zero-order valence-corrected chi connectivity index (χ0v) is 21.8. The van der Waals surface area contributed by atoms with Crippen molar-refractivity contribution >= 4 is 22.6 Å². The van der Waals surface area contributed by atoms with Crippen LogP contribution in [0.1, 0.15) is 52.2 Å². The Kier molecular flexibility index (Phi) is 7.17. The second-order valence-electron chi connectivity index (χ2n) is 10.6. The summed E-state index contributed by atoms with van der Waals surface area (Å²) in [5, 5.41) is 18.1. The number of piperazine rings is 1. The van der Waals surface area contributed by atoms with E-state index in [0.29, 0.717) is 42.7 Å². The van der Waals surface area contributed by atoms with Crippen LogP contribution in [0.2, 0.25) is 0 Å². The molecule has 2 aliphatic rings. The molecule has 2 aromatic carbocycles. The number of nitrogens with one attached hydrogen (secondary N) is 1. The summed E-state index contributed by atoms with van der Waals surface area (Å²) in [6, 6.07) is 9.03. The summed E-state index contributed by atoms with van der Waals surface area (Å²) in [7, 11) is 2.15. The topological polar surface area (TPSA) is 102 Å². The molecule has 196 valence electrons. The maximum atomic E-state index is 13.4. The molecule has 1 saturated heterocycles. The van der Waals surface area contributed by atoms with Crippen molar-refractivity contribution in [3.05, 3.63) is 52.7 Å². The largest absolute Gasteiger partial charge is 0.507 e. The standard InChI is InChI=1S/C28H35N5O4/c1-18(2)12-26(35)27-22-14-23(25(34)15-24(22)29-30-27)28(36)33-16-19-4-5-21(13-20(19)17-33)37-11-10-32-8-6-31(3)7-9-32/h4-5,13-15,18,34H,6-12,16-17H2,1-3H3,(H,29,30). The SMILES string of the molecule is CC(C)CC(=O)c1n[nH]c2cc(O)c(C(=O)N3Cc4ccc(OCCN5CCN(C)CC5)cc4C3)cc12. The minimum absolute atomic E-state index is 0.0842. The van der Waals surface area contributed by atoms with Crippen LogP contribution in [0.15, 0.2) is 30.3 Å². The molecule has 9 nitrogen and oxygen atoms in total. The van der Waals surface area contributed by atoms with E-state index in [4.69, 9.17) is 4.74 Å². The van der Waals surface area contributed by atoms with Gasteiger partial charge in [0.1, 0.15) is 23.8 Å². The first kappa shape index (κ1) is 25.2. The summed E-state index contributed by atoms with van der Waals surface area (Å²) in [5.74, 6) is 0.503. The number of H-pyrrole nitrogens is 1. The molecule has 0 radical (unpaired) electrons. The number of carbonyl (C=O) groups is 2. The van der Waals surface area contributed by atoms with Gasteiger partial charge in [0.25, 0.3) is 5.91 Å². The zero-order valence-electron chi connectivity index (χ0n) is 21.8. The monoisotopic (exact) mass is 505 g/mol. The number of hydrogen-bond donors (Lipinski definition) is 2. The number of carbonyl (C=O) groups excluding carboxylic acids is 2. The molecule has 0 saturated carbocycles. The van der Waals surface area contributed by atoms with E-state index in [1.54, 1.807) is 11.0 Å². The van der Waals surface area contributed by atoms with Gasteiger partial charge >= 0.3 is 0 Å². The second kappa shape index (κ2) is 10.5. The summed E-state index contributed by atoms with van der Waals surface area (Å²) in [4.78, 5) is 32.5. The fraction of sp³-hybridized carbons (Fsp3) is 0.464. The number of ether oxygens (including phenoxy) is 1. The fourth-order valence-corrected chi connectivity index (χ4v) is 5.04. The van der Waals surface area contributed by atoms with E-state index < -0.39 is 0 Å². The summed E-state index contributed by atoms with van der Waals surface area (Å²) in [6.07, 6.45) is 0.366. The van der Waals surface area contributed by atoms with Gasteiger partial charge in [-0.25, -0.2) is 0 Å². The number of likely N-dealkylation sites (N-methyl/N-ethyl adjacent to an activating group) is 1. The van der Waals surface area contributed by atoms with E-state index in [1.807, 2.05) is 32.0 Å². The molecule has 1 amide bonds.